The quantitative estimate of drug-likeness (QED) is 0.892. The highest BCUT2D eigenvalue weighted by Gasteiger charge is 2.24. The lowest BCUT2D eigenvalue weighted by molar-refractivity contribution is 0.186. The Labute approximate surface area is 143 Å². The van der Waals surface area contributed by atoms with Crippen LogP contribution in [0.4, 0.5) is 10.5 Å². The number of amides is 2. The molecule has 1 heterocycles. The number of benzene rings is 1. The summed E-state index contributed by atoms with van der Waals surface area (Å²) < 4.78 is 0. The van der Waals surface area contributed by atoms with Crippen molar-refractivity contribution in [1.29, 1.82) is 0 Å². The van der Waals surface area contributed by atoms with E-state index >= 15 is 0 Å². The van der Waals surface area contributed by atoms with Crippen molar-refractivity contribution in [3.8, 4) is 0 Å². The van der Waals surface area contributed by atoms with Crippen molar-refractivity contribution in [2.45, 2.75) is 45.1 Å². The second kappa shape index (κ2) is 7.43. The van der Waals surface area contributed by atoms with Gasteiger partial charge in [-0.05, 0) is 37.5 Å². The van der Waals surface area contributed by atoms with Crippen molar-refractivity contribution in [3.05, 3.63) is 28.8 Å². The minimum atomic E-state index is 0.111. The van der Waals surface area contributed by atoms with Crippen molar-refractivity contribution in [1.82, 2.24) is 10.2 Å². The van der Waals surface area contributed by atoms with Crippen LogP contribution in [0.1, 0.15) is 37.7 Å². The van der Waals surface area contributed by atoms with Gasteiger partial charge in [0, 0.05) is 42.9 Å². The maximum atomic E-state index is 12.4. The maximum Gasteiger partial charge on any atom is 0.317 e. The molecule has 5 heteroatoms. The third kappa shape index (κ3) is 3.92. The van der Waals surface area contributed by atoms with Crippen LogP contribution in [0.25, 0.3) is 0 Å². The summed E-state index contributed by atoms with van der Waals surface area (Å²) in [6.07, 6.45) is 6.06. The number of halogens is 1. The second-order valence-electron chi connectivity index (χ2n) is 6.64. The Morgan fingerprint density at radius 1 is 1.13 bits per heavy atom. The monoisotopic (exact) mass is 335 g/mol. The molecule has 0 atom stereocenters. The molecule has 126 valence electrons. The molecule has 1 saturated carbocycles. The molecule has 0 aromatic heterocycles. The fraction of sp³-hybridized carbons (Fsp3) is 0.611. The molecule has 1 aromatic carbocycles. The highest BCUT2D eigenvalue weighted by molar-refractivity contribution is 6.31. The molecule has 0 radical (unpaired) electrons. The summed E-state index contributed by atoms with van der Waals surface area (Å²) >= 11 is 6.22. The molecule has 0 bridgehead atoms. The lowest BCUT2D eigenvalue weighted by atomic mass is 9.96. The van der Waals surface area contributed by atoms with Gasteiger partial charge in [-0.25, -0.2) is 4.79 Å². The Kier molecular flexibility index (Phi) is 5.31. The molecule has 0 spiro atoms. The minimum absolute atomic E-state index is 0.111. The van der Waals surface area contributed by atoms with E-state index in [1.54, 1.807) is 0 Å². The number of carbonyl (C=O) groups excluding carboxylic acids is 1. The topological polar surface area (TPSA) is 35.6 Å². The average molecular weight is 336 g/mol. The van der Waals surface area contributed by atoms with Gasteiger partial charge in [0.1, 0.15) is 0 Å². The van der Waals surface area contributed by atoms with Crippen molar-refractivity contribution in [2.24, 2.45) is 0 Å². The van der Waals surface area contributed by atoms with Crippen molar-refractivity contribution in [2.75, 3.05) is 31.1 Å². The van der Waals surface area contributed by atoms with E-state index in [4.69, 9.17) is 11.6 Å². The van der Waals surface area contributed by atoms with Gasteiger partial charge in [0.2, 0.25) is 0 Å². The largest absolute Gasteiger partial charge is 0.368 e. The van der Waals surface area contributed by atoms with Crippen LogP contribution in [-0.2, 0) is 0 Å². The van der Waals surface area contributed by atoms with E-state index in [2.05, 4.69) is 23.2 Å². The summed E-state index contributed by atoms with van der Waals surface area (Å²) in [6, 6.07) is 6.52. The number of hydrogen-bond acceptors (Lipinski definition) is 2. The van der Waals surface area contributed by atoms with E-state index in [1.165, 1.54) is 24.9 Å². The molecule has 0 unspecified atom stereocenters. The zero-order valence-corrected chi connectivity index (χ0v) is 14.6. The summed E-state index contributed by atoms with van der Waals surface area (Å²) in [6.45, 7) is 5.31. The molecule has 1 saturated heterocycles. The van der Waals surface area contributed by atoms with Gasteiger partial charge in [-0.1, -0.05) is 36.9 Å². The molecular weight excluding hydrogens is 310 g/mol. The van der Waals surface area contributed by atoms with E-state index in [-0.39, 0.29) is 6.03 Å². The first kappa shape index (κ1) is 16.4. The molecular formula is C18H26ClN3O. The van der Waals surface area contributed by atoms with Crippen LogP contribution >= 0.6 is 11.6 Å². The molecule has 2 fully saturated rings. The number of hydrogen-bond donors (Lipinski definition) is 1. The van der Waals surface area contributed by atoms with Crippen LogP contribution in [0.3, 0.4) is 0 Å². The normalized spacial score (nSPS) is 19.7. The molecule has 3 rings (SSSR count). The molecule has 2 aliphatic rings. The van der Waals surface area contributed by atoms with Gasteiger partial charge in [-0.3, -0.25) is 0 Å². The molecule has 1 aliphatic carbocycles. The van der Waals surface area contributed by atoms with E-state index in [0.29, 0.717) is 6.04 Å². The summed E-state index contributed by atoms with van der Waals surface area (Å²) in [5.41, 5.74) is 2.30. The molecule has 1 aliphatic heterocycles. The number of rotatable bonds is 2. The Bertz CT molecular complexity index is 549. The predicted molar refractivity (Wildman–Crippen MR) is 95.4 cm³/mol. The zero-order valence-electron chi connectivity index (χ0n) is 13.9. The molecule has 23 heavy (non-hydrogen) atoms. The SMILES string of the molecule is Cc1c(Cl)cccc1N1CCN(C(=O)NC2CCCCC2)CC1. The number of nitrogens with zero attached hydrogens (tertiary/aromatic N) is 2. The summed E-state index contributed by atoms with van der Waals surface area (Å²) in [7, 11) is 0. The van der Waals surface area contributed by atoms with Gasteiger partial charge in [0.15, 0.2) is 0 Å². The number of anilines is 1. The Hall–Kier alpha value is -1.42. The lowest BCUT2D eigenvalue weighted by Crippen LogP contribution is -2.53. The van der Waals surface area contributed by atoms with Gasteiger partial charge in [0.05, 0.1) is 0 Å². The van der Waals surface area contributed by atoms with Gasteiger partial charge in [0.25, 0.3) is 0 Å². The first-order valence-corrected chi connectivity index (χ1v) is 9.08. The summed E-state index contributed by atoms with van der Waals surface area (Å²) in [5.74, 6) is 0. The van der Waals surface area contributed by atoms with E-state index in [9.17, 15) is 4.79 Å². The second-order valence-corrected chi connectivity index (χ2v) is 7.05. The molecule has 1 aromatic rings. The Morgan fingerprint density at radius 3 is 2.52 bits per heavy atom. The number of urea groups is 1. The number of carbonyl (C=O) groups is 1. The average Bonchev–Trinajstić information content (AvgIpc) is 2.58. The van der Waals surface area contributed by atoms with Gasteiger partial charge in [-0.2, -0.15) is 0 Å². The third-order valence-corrected chi connectivity index (χ3v) is 5.49. The van der Waals surface area contributed by atoms with E-state index in [1.807, 2.05) is 17.0 Å². The molecule has 1 N–H and O–H groups in total. The first-order chi connectivity index (χ1) is 11.1. The van der Waals surface area contributed by atoms with Crippen LogP contribution in [0.15, 0.2) is 18.2 Å². The van der Waals surface area contributed by atoms with Crippen LogP contribution < -0.4 is 10.2 Å². The smallest absolute Gasteiger partial charge is 0.317 e. The van der Waals surface area contributed by atoms with E-state index < -0.39 is 0 Å². The maximum absolute atomic E-state index is 12.4. The van der Waals surface area contributed by atoms with Crippen LogP contribution in [0, 0.1) is 6.92 Å². The van der Waals surface area contributed by atoms with Gasteiger partial charge in [-0.15, -0.1) is 0 Å². The zero-order chi connectivity index (χ0) is 16.2. The third-order valence-electron chi connectivity index (χ3n) is 5.08. The van der Waals surface area contributed by atoms with Crippen molar-refractivity contribution >= 4 is 23.3 Å². The van der Waals surface area contributed by atoms with Crippen LogP contribution in [-0.4, -0.2) is 43.2 Å². The van der Waals surface area contributed by atoms with Gasteiger partial charge >= 0.3 is 6.03 Å². The van der Waals surface area contributed by atoms with Crippen LogP contribution in [0.2, 0.25) is 5.02 Å². The molecule has 4 nitrogen and oxygen atoms in total. The van der Waals surface area contributed by atoms with E-state index in [0.717, 1.165) is 49.6 Å². The fourth-order valence-corrected chi connectivity index (χ4v) is 3.77. The standard InChI is InChI=1S/C18H26ClN3O/c1-14-16(19)8-5-9-17(14)21-10-12-22(13-11-21)18(23)20-15-6-3-2-4-7-15/h5,8-9,15H,2-4,6-7,10-13H2,1H3,(H,20,23). The minimum Gasteiger partial charge on any atom is -0.368 e. The summed E-state index contributed by atoms with van der Waals surface area (Å²) in [4.78, 5) is 16.7. The Morgan fingerprint density at radius 2 is 1.83 bits per heavy atom. The summed E-state index contributed by atoms with van der Waals surface area (Å²) in [5, 5.41) is 4.02. The van der Waals surface area contributed by atoms with Crippen LogP contribution in [0.5, 0.6) is 0 Å². The first-order valence-electron chi connectivity index (χ1n) is 8.70. The van der Waals surface area contributed by atoms with Gasteiger partial charge < -0.3 is 15.1 Å². The predicted octanol–water partition coefficient (Wildman–Crippen LogP) is 3.81. The highest BCUT2D eigenvalue weighted by Crippen LogP contribution is 2.27. The van der Waals surface area contributed by atoms with Crippen molar-refractivity contribution in [3.63, 3.8) is 0 Å². The Balaban J connectivity index is 1.53. The number of piperazine rings is 1. The molecule has 2 amide bonds. The fourth-order valence-electron chi connectivity index (χ4n) is 3.60. The number of nitrogens with one attached hydrogen (secondary N) is 1. The highest BCUT2D eigenvalue weighted by atomic mass is 35.5. The lowest BCUT2D eigenvalue weighted by Gasteiger charge is -2.37. The van der Waals surface area contributed by atoms with Crippen molar-refractivity contribution < 1.29 is 4.79 Å².